The maximum absolute atomic E-state index is 12.7. The number of rotatable bonds is 2. The Bertz CT molecular complexity index is 2590. The van der Waals surface area contributed by atoms with Gasteiger partial charge in [0.15, 0.2) is 0 Å². The lowest BCUT2D eigenvalue weighted by atomic mass is 9.86. The molecule has 4 fully saturated rings. The lowest BCUT2D eigenvalue weighted by Crippen LogP contribution is -2.53. The summed E-state index contributed by atoms with van der Waals surface area (Å²) in [5, 5.41) is 25.7. The van der Waals surface area contributed by atoms with Crippen LogP contribution in [0.15, 0.2) is 48.8 Å². The first-order valence-corrected chi connectivity index (χ1v) is 21.6. The number of aromatic nitrogens is 4. The number of fused-ring (bicyclic) bond motifs is 10. The van der Waals surface area contributed by atoms with Crippen LogP contribution in [0.25, 0.3) is 22.8 Å². The van der Waals surface area contributed by atoms with Crippen LogP contribution in [-0.4, -0.2) is 106 Å². The largest absolute Gasteiger partial charge is 0.491 e. The normalized spacial score (nSPS) is 26.1. The number of primary amides is 2. The quantitative estimate of drug-likeness (QED) is 0.183. The van der Waals surface area contributed by atoms with Gasteiger partial charge in [-0.05, 0) is 82.9 Å². The van der Waals surface area contributed by atoms with Crippen molar-refractivity contribution in [2.75, 3.05) is 13.2 Å². The van der Waals surface area contributed by atoms with Crippen molar-refractivity contribution in [2.24, 2.45) is 11.5 Å². The molecule has 7 N–H and O–H groups in total. The van der Waals surface area contributed by atoms with E-state index in [1.54, 1.807) is 17.3 Å². The number of nitrogens with one attached hydrogen (secondary N) is 1. The van der Waals surface area contributed by atoms with E-state index < -0.39 is 28.6 Å². The molecule has 4 unspecified atom stereocenters. The molecule has 2 aromatic carbocycles. The van der Waals surface area contributed by atoms with Gasteiger partial charge in [0.1, 0.15) is 64.6 Å². The summed E-state index contributed by atoms with van der Waals surface area (Å²) < 4.78 is 21.0. The Morgan fingerprint density at radius 1 is 0.746 bits per heavy atom. The highest BCUT2D eigenvalue weighted by molar-refractivity contribution is 5.92. The smallest absolute Gasteiger partial charge is 0.410 e. The number of carbonyl (C=O) groups is 3. The van der Waals surface area contributed by atoms with Gasteiger partial charge in [-0.3, -0.25) is 9.59 Å². The average molecular weight is 857 g/mol. The number of piperidine rings is 2. The van der Waals surface area contributed by atoms with E-state index in [1.807, 2.05) is 66.3 Å². The second-order valence-electron chi connectivity index (χ2n) is 18.4. The zero-order valence-corrected chi connectivity index (χ0v) is 35.6. The van der Waals surface area contributed by atoms with Crippen LogP contribution >= 0.6 is 0 Å². The Morgan fingerprint density at radius 2 is 1.21 bits per heavy atom. The Kier molecular flexibility index (Phi) is 10.7. The molecular weight excluding hydrogens is 805 g/mol. The lowest BCUT2D eigenvalue weighted by molar-refractivity contribution is -0.0310. The van der Waals surface area contributed by atoms with Crippen molar-refractivity contribution < 1.29 is 38.8 Å². The molecule has 10 rings (SSSR count). The van der Waals surface area contributed by atoms with Crippen LogP contribution in [0, 0.1) is 23.7 Å². The van der Waals surface area contributed by atoms with Crippen molar-refractivity contribution in [3.63, 3.8) is 0 Å². The maximum Gasteiger partial charge on any atom is 0.410 e. The number of benzene rings is 2. The molecule has 16 nitrogen and oxygen atoms in total. The minimum atomic E-state index is -1.19. The first kappa shape index (κ1) is 42.0. The van der Waals surface area contributed by atoms with Crippen LogP contribution < -0.4 is 26.3 Å². The Balaban J connectivity index is 0.000000164. The number of nitrogens with zero attached hydrogens (tertiary/aromatic N) is 5. The zero-order chi connectivity index (χ0) is 44.3. The second-order valence-corrected chi connectivity index (χ2v) is 18.4. The van der Waals surface area contributed by atoms with Gasteiger partial charge in [0.25, 0.3) is 11.8 Å². The molecule has 0 aliphatic carbocycles. The monoisotopic (exact) mass is 856 g/mol. The van der Waals surface area contributed by atoms with Gasteiger partial charge in [0.05, 0.1) is 24.2 Å². The van der Waals surface area contributed by atoms with E-state index in [0.29, 0.717) is 98.3 Å². The van der Waals surface area contributed by atoms with E-state index in [0.717, 1.165) is 36.8 Å². The predicted octanol–water partition coefficient (Wildman–Crippen LogP) is 3.72. The van der Waals surface area contributed by atoms with E-state index in [9.17, 15) is 24.6 Å². The van der Waals surface area contributed by atoms with Gasteiger partial charge in [-0.25, -0.2) is 14.8 Å². The van der Waals surface area contributed by atoms with E-state index in [2.05, 4.69) is 39.0 Å². The van der Waals surface area contributed by atoms with Crippen LogP contribution in [0.1, 0.15) is 104 Å². The van der Waals surface area contributed by atoms with Gasteiger partial charge in [0, 0.05) is 73.4 Å². The van der Waals surface area contributed by atoms with Gasteiger partial charge >= 0.3 is 6.09 Å². The first-order valence-electron chi connectivity index (χ1n) is 21.6. The summed E-state index contributed by atoms with van der Waals surface area (Å²) >= 11 is 0. The summed E-state index contributed by atoms with van der Waals surface area (Å²) in [6.45, 7) is 7.61. The van der Waals surface area contributed by atoms with Gasteiger partial charge in [-0.15, -0.1) is 0 Å². The number of carbonyl (C=O) groups excluding carboxylic acids is 3. The molecule has 0 spiro atoms. The third kappa shape index (κ3) is 8.84. The number of ether oxygens (including phenoxy) is 3. The molecule has 3 amide bonds. The van der Waals surface area contributed by atoms with Crippen molar-refractivity contribution in [3.8, 4) is 58.0 Å². The molecule has 6 aliphatic rings. The predicted molar refractivity (Wildman–Crippen MR) is 230 cm³/mol. The summed E-state index contributed by atoms with van der Waals surface area (Å²) in [6, 6.07) is 11.7. The molecule has 0 saturated carbocycles. The molecule has 8 heterocycles. The van der Waals surface area contributed by atoms with Crippen LogP contribution in [0.3, 0.4) is 0 Å². The summed E-state index contributed by atoms with van der Waals surface area (Å²) in [7, 11) is 0. The zero-order valence-electron chi connectivity index (χ0n) is 35.6. The Labute approximate surface area is 365 Å². The van der Waals surface area contributed by atoms with Crippen molar-refractivity contribution >= 4 is 17.9 Å². The van der Waals surface area contributed by atoms with Crippen molar-refractivity contribution in [1.29, 1.82) is 0 Å². The second kappa shape index (κ2) is 16.1. The van der Waals surface area contributed by atoms with E-state index in [1.165, 1.54) is 0 Å². The molecule has 0 radical (unpaired) electrons. The standard InChI is InChI=1S/C26H30N4O5.C21H22N4O3/c1-25(2,3)35-24(32)30-17-5-6-18(30)14-26(33,13-17)9-8-16-4-7-21-19(12-16)23-28-20(22(27)31)15-29(23)10-11-34-21;22-19(26)17-12-25-7-8-28-18-4-1-13(9-16(18)20(25)24-17)5-6-21(27)10-14-2-3-15(11-21)23-14/h4,7,12,15,17-18,33H,5-6,10-11,13-14H2,1-3H3,(H2,27,31);1,4,9,12,14-15,23,27H,2-3,7-8,10-11H2,(H2,22,26). The molecule has 63 heavy (non-hydrogen) atoms. The first-order chi connectivity index (χ1) is 30.0. The number of nitrogens with two attached hydrogens (primary N) is 2. The fraction of sp³-hybridized carbons (Fsp3) is 0.468. The number of aliphatic hydroxyl groups is 2. The number of imidazole rings is 2. The third-order valence-electron chi connectivity index (χ3n) is 12.4. The summed E-state index contributed by atoms with van der Waals surface area (Å²) in [5.74, 6) is 13.9. The molecule has 4 saturated heterocycles. The highest BCUT2D eigenvalue weighted by Crippen LogP contribution is 2.42. The van der Waals surface area contributed by atoms with Gasteiger partial charge in [-0.1, -0.05) is 23.7 Å². The van der Waals surface area contributed by atoms with Gasteiger partial charge in [0.2, 0.25) is 0 Å². The molecule has 4 aromatic rings. The number of hydrogen-bond donors (Lipinski definition) is 5. The molecule has 6 aliphatic heterocycles. The molecule has 16 heteroatoms. The van der Waals surface area contributed by atoms with Gasteiger partial charge < -0.3 is 55.2 Å². The molecular formula is C47H52N8O8. The van der Waals surface area contributed by atoms with Crippen LogP contribution in [0.4, 0.5) is 4.79 Å². The molecule has 2 aromatic heterocycles. The average Bonchev–Trinajstić information content (AvgIpc) is 3.96. The SMILES string of the molecule is CC(C)(C)OC(=O)N1C2CCC1CC(O)(C#Cc1ccc3c(c1)-c1nc(C(N)=O)cn1CCO3)C2.NC(=O)c1cn2c(n1)-c1cc(C#CC3(O)CC4CCC(C3)N4)ccc1OCC2. The van der Waals surface area contributed by atoms with Crippen LogP contribution in [-0.2, 0) is 17.8 Å². The van der Waals surface area contributed by atoms with E-state index >= 15 is 0 Å². The Hall–Kier alpha value is -6.33. The third-order valence-corrected chi connectivity index (χ3v) is 12.4. The van der Waals surface area contributed by atoms with Crippen molar-refractivity contribution in [1.82, 2.24) is 29.3 Å². The number of amides is 3. The minimum Gasteiger partial charge on any atom is -0.491 e. The lowest BCUT2D eigenvalue weighted by Gasteiger charge is -2.41. The summed E-state index contributed by atoms with van der Waals surface area (Å²) in [6.07, 6.45) is 8.93. The highest BCUT2D eigenvalue weighted by Gasteiger charge is 2.50. The van der Waals surface area contributed by atoms with Crippen LogP contribution in [0.5, 0.6) is 11.5 Å². The number of hydrogen-bond acceptors (Lipinski definition) is 11. The Morgan fingerprint density at radius 3 is 1.65 bits per heavy atom. The molecule has 4 atom stereocenters. The fourth-order valence-corrected chi connectivity index (χ4v) is 9.71. The molecule has 328 valence electrons. The van der Waals surface area contributed by atoms with Crippen molar-refractivity contribution in [3.05, 3.63) is 71.3 Å². The van der Waals surface area contributed by atoms with Crippen LogP contribution in [0.2, 0.25) is 0 Å². The topological polar surface area (TPSA) is 222 Å². The van der Waals surface area contributed by atoms with E-state index in [4.69, 9.17) is 25.7 Å². The van der Waals surface area contributed by atoms with E-state index in [-0.39, 0.29) is 29.6 Å². The van der Waals surface area contributed by atoms with Crippen molar-refractivity contribution in [2.45, 2.75) is 126 Å². The van der Waals surface area contributed by atoms with Gasteiger partial charge in [-0.2, -0.15) is 0 Å². The minimum absolute atomic E-state index is 0.0944. The summed E-state index contributed by atoms with van der Waals surface area (Å²) in [5.41, 5.74) is 11.5. The highest BCUT2D eigenvalue weighted by atomic mass is 16.6. The maximum atomic E-state index is 12.7. The summed E-state index contributed by atoms with van der Waals surface area (Å²) in [4.78, 5) is 46.4. The fourth-order valence-electron chi connectivity index (χ4n) is 9.71. The molecule has 4 bridgehead atoms.